The van der Waals surface area contributed by atoms with E-state index in [0.717, 1.165) is 14.9 Å². The van der Waals surface area contributed by atoms with Crippen LogP contribution in [0.15, 0.2) is 42.7 Å². The second-order valence-electron chi connectivity index (χ2n) is 3.88. The van der Waals surface area contributed by atoms with Crippen LogP contribution in [0, 0.1) is 3.57 Å². The minimum atomic E-state index is 0.209. The Hall–Kier alpha value is -1.30. The molecular formula is C13H14IN3. The van der Waals surface area contributed by atoms with Crippen LogP contribution in [0.1, 0.15) is 18.5 Å². The number of hydrogen-bond acceptors (Lipinski definition) is 3. The first-order valence-electron chi connectivity index (χ1n) is 5.38. The SMILES string of the molecule is CC(Nc1ccc(I)cc1N)c1ccncc1. The predicted octanol–water partition coefficient (Wildman–Crippen LogP) is 3.44. The first-order valence-corrected chi connectivity index (χ1v) is 6.46. The number of aromatic nitrogens is 1. The van der Waals surface area contributed by atoms with E-state index < -0.39 is 0 Å². The van der Waals surface area contributed by atoms with Crippen molar-refractivity contribution in [2.45, 2.75) is 13.0 Å². The quantitative estimate of drug-likeness (QED) is 0.665. The van der Waals surface area contributed by atoms with Gasteiger partial charge in [0.1, 0.15) is 0 Å². The van der Waals surface area contributed by atoms with Gasteiger partial charge in [-0.05, 0) is 65.4 Å². The third kappa shape index (κ3) is 3.09. The normalized spacial score (nSPS) is 12.1. The van der Waals surface area contributed by atoms with E-state index >= 15 is 0 Å². The Kier molecular flexibility index (Phi) is 3.83. The van der Waals surface area contributed by atoms with E-state index in [1.807, 2.05) is 30.3 Å². The molecule has 0 saturated carbocycles. The predicted molar refractivity (Wildman–Crippen MR) is 79.8 cm³/mol. The molecule has 0 radical (unpaired) electrons. The Labute approximate surface area is 115 Å². The van der Waals surface area contributed by atoms with Crippen LogP contribution in [-0.2, 0) is 0 Å². The van der Waals surface area contributed by atoms with Crippen molar-refractivity contribution in [2.24, 2.45) is 0 Å². The Morgan fingerprint density at radius 2 is 1.94 bits per heavy atom. The van der Waals surface area contributed by atoms with Gasteiger partial charge in [-0.1, -0.05) is 0 Å². The van der Waals surface area contributed by atoms with E-state index in [1.165, 1.54) is 5.56 Å². The summed E-state index contributed by atoms with van der Waals surface area (Å²) in [5.41, 5.74) is 8.90. The van der Waals surface area contributed by atoms with Crippen molar-refractivity contribution in [1.29, 1.82) is 0 Å². The molecule has 0 aliphatic heterocycles. The molecule has 0 spiro atoms. The van der Waals surface area contributed by atoms with Gasteiger partial charge >= 0.3 is 0 Å². The van der Waals surface area contributed by atoms with Crippen molar-refractivity contribution in [1.82, 2.24) is 4.98 Å². The molecule has 0 amide bonds. The first-order chi connectivity index (χ1) is 8.16. The lowest BCUT2D eigenvalue weighted by Gasteiger charge is -2.17. The van der Waals surface area contributed by atoms with Crippen LogP contribution in [0.2, 0.25) is 0 Å². The first kappa shape index (κ1) is 12.2. The molecule has 0 aliphatic rings. The minimum absolute atomic E-state index is 0.209. The number of nitrogens with two attached hydrogens (primary N) is 1. The molecule has 1 heterocycles. The summed E-state index contributed by atoms with van der Waals surface area (Å²) in [5.74, 6) is 0. The lowest BCUT2D eigenvalue weighted by atomic mass is 10.1. The monoisotopic (exact) mass is 339 g/mol. The number of hydrogen-bond donors (Lipinski definition) is 2. The standard InChI is InChI=1S/C13H14IN3/c1-9(10-4-6-16-7-5-10)17-13-3-2-11(14)8-12(13)15/h2-9,17H,15H2,1H3. The topological polar surface area (TPSA) is 50.9 Å². The molecule has 0 bridgehead atoms. The summed E-state index contributed by atoms with van der Waals surface area (Å²) in [6, 6.07) is 10.2. The number of benzene rings is 1. The largest absolute Gasteiger partial charge is 0.397 e. The van der Waals surface area contributed by atoms with Gasteiger partial charge in [-0.15, -0.1) is 0 Å². The fraction of sp³-hybridized carbons (Fsp3) is 0.154. The number of pyridine rings is 1. The van der Waals surface area contributed by atoms with Gasteiger partial charge in [0.05, 0.1) is 11.4 Å². The fourth-order valence-electron chi connectivity index (χ4n) is 1.63. The second kappa shape index (κ2) is 5.35. The van der Waals surface area contributed by atoms with Gasteiger partial charge in [0.25, 0.3) is 0 Å². The van der Waals surface area contributed by atoms with Crippen molar-refractivity contribution in [3.63, 3.8) is 0 Å². The van der Waals surface area contributed by atoms with Crippen LogP contribution < -0.4 is 11.1 Å². The number of rotatable bonds is 3. The Morgan fingerprint density at radius 3 is 2.59 bits per heavy atom. The van der Waals surface area contributed by atoms with Crippen molar-refractivity contribution < 1.29 is 0 Å². The average molecular weight is 339 g/mol. The molecule has 4 heteroatoms. The minimum Gasteiger partial charge on any atom is -0.397 e. The molecule has 0 aliphatic carbocycles. The zero-order valence-electron chi connectivity index (χ0n) is 9.52. The molecule has 0 saturated heterocycles. The van der Waals surface area contributed by atoms with Crippen molar-refractivity contribution >= 4 is 34.0 Å². The van der Waals surface area contributed by atoms with E-state index in [0.29, 0.717) is 0 Å². The molecule has 2 aromatic rings. The molecule has 2 rings (SSSR count). The zero-order valence-corrected chi connectivity index (χ0v) is 11.7. The van der Waals surface area contributed by atoms with Gasteiger partial charge in [-0.2, -0.15) is 0 Å². The molecule has 3 nitrogen and oxygen atoms in total. The van der Waals surface area contributed by atoms with Gasteiger partial charge in [0.2, 0.25) is 0 Å². The smallest absolute Gasteiger partial charge is 0.0579 e. The number of anilines is 2. The van der Waals surface area contributed by atoms with Crippen LogP contribution in [-0.4, -0.2) is 4.98 Å². The third-order valence-corrected chi connectivity index (χ3v) is 3.26. The van der Waals surface area contributed by atoms with E-state index in [1.54, 1.807) is 12.4 Å². The molecule has 17 heavy (non-hydrogen) atoms. The molecule has 0 fully saturated rings. The fourth-order valence-corrected chi connectivity index (χ4v) is 2.15. The maximum Gasteiger partial charge on any atom is 0.0579 e. The highest BCUT2D eigenvalue weighted by Gasteiger charge is 2.06. The maximum absolute atomic E-state index is 5.97. The van der Waals surface area contributed by atoms with E-state index in [9.17, 15) is 0 Å². The lowest BCUT2D eigenvalue weighted by Crippen LogP contribution is -2.08. The van der Waals surface area contributed by atoms with Crippen LogP contribution in [0.5, 0.6) is 0 Å². The number of nitrogens with zero attached hydrogens (tertiary/aromatic N) is 1. The molecule has 1 unspecified atom stereocenters. The van der Waals surface area contributed by atoms with E-state index in [2.05, 4.69) is 39.8 Å². The van der Waals surface area contributed by atoms with Gasteiger partial charge in [-0.3, -0.25) is 4.98 Å². The summed E-state index contributed by atoms with van der Waals surface area (Å²) in [5, 5.41) is 3.40. The van der Waals surface area contributed by atoms with Crippen molar-refractivity contribution in [3.05, 3.63) is 51.9 Å². The van der Waals surface area contributed by atoms with Gasteiger partial charge in [0.15, 0.2) is 0 Å². The molecule has 1 aromatic heterocycles. The molecule has 88 valence electrons. The van der Waals surface area contributed by atoms with E-state index in [4.69, 9.17) is 5.73 Å². The third-order valence-electron chi connectivity index (χ3n) is 2.59. The summed E-state index contributed by atoms with van der Waals surface area (Å²) < 4.78 is 1.14. The molecule has 1 atom stereocenters. The van der Waals surface area contributed by atoms with Crippen LogP contribution >= 0.6 is 22.6 Å². The van der Waals surface area contributed by atoms with E-state index in [-0.39, 0.29) is 6.04 Å². The number of halogens is 1. The summed E-state index contributed by atoms with van der Waals surface area (Å²) >= 11 is 2.25. The zero-order chi connectivity index (χ0) is 12.3. The van der Waals surface area contributed by atoms with Crippen molar-refractivity contribution in [3.8, 4) is 0 Å². The van der Waals surface area contributed by atoms with Crippen molar-refractivity contribution in [2.75, 3.05) is 11.1 Å². The van der Waals surface area contributed by atoms with Crippen LogP contribution in [0.25, 0.3) is 0 Å². The van der Waals surface area contributed by atoms with Gasteiger partial charge in [-0.25, -0.2) is 0 Å². The number of nitrogen functional groups attached to an aromatic ring is 1. The summed E-state index contributed by atoms with van der Waals surface area (Å²) in [7, 11) is 0. The average Bonchev–Trinajstić information content (AvgIpc) is 2.34. The Morgan fingerprint density at radius 1 is 1.24 bits per heavy atom. The van der Waals surface area contributed by atoms with Gasteiger partial charge < -0.3 is 11.1 Å². The highest BCUT2D eigenvalue weighted by molar-refractivity contribution is 14.1. The summed E-state index contributed by atoms with van der Waals surface area (Å²) in [6.07, 6.45) is 3.59. The summed E-state index contributed by atoms with van der Waals surface area (Å²) in [6.45, 7) is 2.10. The Bertz CT molecular complexity index is 499. The molecule has 3 N–H and O–H groups in total. The highest BCUT2D eigenvalue weighted by Crippen LogP contribution is 2.25. The second-order valence-corrected chi connectivity index (χ2v) is 5.12. The number of nitrogens with one attached hydrogen (secondary N) is 1. The Balaban J connectivity index is 2.16. The van der Waals surface area contributed by atoms with Crippen LogP contribution in [0.3, 0.4) is 0 Å². The highest BCUT2D eigenvalue weighted by atomic mass is 127. The lowest BCUT2D eigenvalue weighted by molar-refractivity contribution is 0.881. The summed E-state index contributed by atoms with van der Waals surface area (Å²) in [4.78, 5) is 4.01. The van der Waals surface area contributed by atoms with Gasteiger partial charge in [0, 0.05) is 22.0 Å². The molecular weight excluding hydrogens is 325 g/mol. The molecule has 1 aromatic carbocycles. The van der Waals surface area contributed by atoms with Crippen LogP contribution in [0.4, 0.5) is 11.4 Å². The maximum atomic E-state index is 5.97.